The van der Waals surface area contributed by atoms with Crippen LogP contribution in [0.2, 0.25) is 5.02 Å². The van der Waals surface area contributed by atoms with Gasteiger partial charge in [0.15, 0.2) is 6.61 Å². The Morgan fingerprint density at radius 2 is 1.70 bits per heavy atom. The fourth-order valence-corrected chi connectivity index (χ4v) is 5.29. The first-order valence-corrected chi connectivity index (χ1v) is 14.1. The molecule has 4 rings (SSSR count). The Bertz CT molecular complexity index is 1360. The van der Waals surface area contributed by atoms with Gasteiger partial charge in [-0.2, -0.15) is 0 Å². The van der Waals surface area contributed by atoms with Crippen LogP contribution in [0.3, 0.4) is 0 Å². The second-order valence-electron chi connectivity index (χ2n) is 8.94. The van der Waals surface area contributed by atoms with Crippen LogP contribution in [0.25, 0.3) is 0 Å². The van der Waals surface area contributed by atoms with Crippen LogP contribution in [-0.4, -0.2) is 58.3 Å². The third-order valence-electron chi connectivity index (χ3n) is 6.30. The van der Waals surface area contributed by atoms with E-state index < -0.39 is 15.8 Å². The number of benzene rings is 3. The first kappa shape index (κ1) is 26.8. The lowest BCUT2D eigenvalue weighted by Gasteiger charge is -2.36. The van der Waals surface area contributed by atoms with Gasteiger partial charge < -0.3 is 14.5 Å². The fourth-order valence-electron chi connectivity index (χ4n) is 4.25. The molecule has 0 atom stereocenters. The van der Waals surface area contributed by atoms with Crippen molar-refractivity contribution in [3.05, 3.63) is 88.7 Å². The van der Waals surface area contributed by atoms with Gasteiger partial charge in [-0.1, -0.05) is 35.9 Å². The number of piperazine rings is 1. The normalized spacial score (nSPS) is 13.9. The van der Waals surface area contributed by atoms with Gasteiger partial charge >= 0.3 is 0 Å². The SMILES string of the molecule is Cc1ccc(Cl)cc1N1CCN(C(=O)COc2ccc(N(Cc3ccccc3F)S(C)(=O)=O)cc2)CC1. The molecule has 1 saturated heterocycles. The number of halogens is 2. The number of rotatable bonds is 8. The van der Waals surface area contributed by atoms with Gasteiger partial charge in [-0.3, -0.25) is 9.10 Å². The van der Waals surface area contributed by atoms with E-state index in [0.717, 1.165) is 21.8 Å². The van der Waals surface area contributed by atoms with Crippen molar-refractivity contribution in [1.29, 1.82) is 0 Å². The Kier molecular flexibility index (Phi) is 8.24. The Hall–Kier alpha value is -3.30. The monoisotopic (exact) mass is 545 g/mol. The van der Waals surface area contributed by atoms with Crippen LogP contribution in [0.1, 0.15) is 11.1 Å². The fraction of sp³-hybridized carbons (Fsp3) is 0.296. The number of amides is 1. The number of hydrogen-bond acceptors (Lipinski definition) is 5. The standard InChI is InChI=1S/C27H29ClFN3O4S/c1-20-7-8-22(28)17-26(20)30-13-15-31(16-14-30)27(33)19-36-24-11-9-23(10-12-24)32(37(2,34)35)18-21-5-3-4-6-25(21)29/h3-12,17H,13-16,18-19H2,1-2H3. The molecular formula is C27H29ClFN3O4S. The van der Waals surface area contributed by atoms with E-state index in [1.54, 1.807) is 47.4 Å². The van der Waals surface area contributed by atoms with E-state index in [1.807, 2.05) is 25.1 Å². The smallest absolute Gasteiger partial charge is 0.260 e. The third kappa shape index (κ3) is 6.72. The van der Waals surface area contributed by atoms with Crippen LogP contribution < -0.4 is 13.9 Å². The van der Waals surface area contributed by atoms with Gasteiger partial charge in [0, 0.05) is 42.5 Å². The van der Waals surface area contributed by atoms with E-state index in [0.29, 0.717) is 42.6 Å². The van der Waals surface area contributed by atoms with Crippen molar-refractivity contribution in [2.24, 2.45) is 0 Å². The molecule has 0 unspecified atom stereocenters. The van der Waals surface area contributed by atoms with Gasteiger partial charge in [-0.25, -0.2) is 12.8 Å². The molecule has 1 aliphatic heterocycles. The summed E-state index contributed by atoms with van der Waals surface area (Å²) in [5.74, 6) is -0.161. The van der Waals surface area contributed by atoms with Crippen LogP contribution in [0, 0.1) is 12.7 Å². The average molecular weight is 546 g/mol. The molecule has 0 aromatic heterocycles. The number of aryl methyl sites for hydroxylation is 1. The molecule has 37 heavy (non-hydrogen) atoms. The molecule has 1 fully saturated rings. The molecule has 1 amide bonds. The largest absolute Gasteiger partial charge is 0.484 e. The second kappa shape index (κ2) is 11.4. The Labute approximate surface area is 222 Å². The van der Waals surface area contributed by atoms with Gasteiger partial charge in [0.1, 0.15) is 11.6 Å². The van der Waals surface area contributed by atoms with Crippen LogP contribution in [0.4, 0.5) is 15.8 Å². The summed E-state index contributed by atoms with van der Waals surface area (Å²) >= 11 is 6.15. The summed E-state index contributed by atoms with van der Waals surface area (Å²) < 4.78 is 45.7. The predicted molar refractivity (Wildman–Crippen MR) is 144 cm³/mol. The quantitative estimate of drug-likeness (QED) is 0.417. The highest BCUT2D eigenvalue weighted by atomic mass is 35.5. The van der Waals surface area contributed by atoms with Gasteiger partial charge in [-0.15, -0.1) is 0 Å². The molecule has 1 heterocycles. The minimum atomic E-state index is -3.66. The first-order valence-electron chi connectivity index (χ1n) is 11.8. The summed E-state index contributed by atoms with van der Waals surface area (Å²) in [6, 6.07) is 18.2. The van der Waals surface area contributed by atoms with E-state index >= 15 is 0 Å². The summed E-state index contributed by atoms with van der Waals surface area (Å²) in [4.78, 5) is 16.7. The second-order valence-corrected chi connectivity index (χ2v) is 11.3. The number of hydrogen-bond donors (Lipinski definition) is 0. The molecule has 0 saturated carbocycles. The topological polar surface area (TPSA) is 70.2 Å². The summed E-state index contributed by atoms with van der Waals surface area (Å²) in [5.41, 5.74) is 2.86. The molecule has 10 heteroatoms. The van der Waals surface area contributed by atoms with Crippen molar-refractivity contribution in [3.63, 3.8) is 0 Å². The molecule has 196 valence electrons. The highest BCUT2D eigenvalue weighted by Gasteiger charge is 2.23. The van der Waals surface area contributed by atoms with E-state index in [1.165, 1.54) is 6.07 Å². The van der Waals surface area contributed by atoms with E-state index in [-0.39, 0.29) is 24.6 Å². The van der Waals surface area contributed by atoms with Gasteiger partial charge in [0.2, 0.25) is 10.0 Å². The molecule has 7 nitrogen and oxygen atoms in total. The van der Waals surface area contributed by atoms with E-state index in [9.17, 15) is 17.6 Å². The predicted octanol–water partition coefficient (Wildman–Crippen LogP) is 4.48. The van der Waals surface area contributed by atoms with Crippen LogP contribution in [0.5, 0.6) is 5.75 Å². The van der Waals surface area contributed by atoms with Crippen molar-refractivity contribution in [1.82, 2.24) is 4.90 Å². The van der Waals surface area contributed by atoms with Gasteiger partial charge in [0.25, 0.3) is 5.91 Å². The van der Waals surface area contributed by atoms with Crippen molar-refractivity contribution >= 4 is 38.9 Å². The van der Waals surface area contributed by atoms with E-state index in [4.69, 9.17) is 16.3 Å². The van der Waals surface area contributed by atoms with Crippen molar-refractivity contribution < 1.29 is 22.3 Å². The summed E-state index contributed by atoms with van der Waals surface area (Å²) in [5, 5.41) is 0.686. The summed E-state index contributed by atoms with van der Waals surface area (Å²) in [6.45, 7) is 4.33. The average Bonchev–Trinajstić information content (AvgIpc) is 2.88. The number of ether oxygens (including phenoxy) is 1. The maximum absolute atomic E-state index is 14.1. The lowest BCUT2D eigenvalue weighted by Crippen LogP contribution is -2.50. The third-order valence-corrected chi connectivity index (χ3v) is 7.68. The molecule has 1 aliphatic rings. The zero-order chi connectivity index (χ0) is 26.6. The molecule has 0 N–H and O–H groups in total. The van der Waals surface area contributed by atoms with Crippen molar-refractivity contribution in [2.75, 3.05) is 48.2 Å². The number of anilines is 2. The molecular weight excluding hydrogens is 517 g/mol. The molecule has 3 aromatic carbocycles. The molecule has 0 aliphatic carbocycles. The molecule has 0 spiro atoms. The highest BCUT2D eigenvalue weighted by molar-refractivity contribution is 7.92. The Morgan fingerprint density at radius 3 is 2.35 bits per heavy atom. The minimum absolute atomic E-state index is 0.121. The Balaban J connectivity index is 1.33. The molecule has 0 radical (unpaired) electrons. The highest BCUT2D eigenvalue weighted by Crippen LogP contribution is 2.26. The lowest BCUT2D eigenvalue weighted by atomic mass is 10.1. The first-order chi connectivity index (χ1) is 17.6. The van der Waals surface area contributed by atoms with Crippen LogP contribution in [0.15, 0.2) is 66.7 Å². The maximum Gasteiger partial charge on any atom is 0.260 e. The van der Waals surface area contributed by atoms with Gasteiger partial charge in [-0.05, 0) is 55.0 Å². The zero-order valence-corrected chi connectivity index (χ0v) is 22.3. The summed E-state index contributed by atoms with van der Waals surface area (Å²) in [6.07, 6.45) is 1.07. The van der Waals surface area contributed by atoms with Crippen LogP contribution in [-0.2, 0) is 21.4 Å². The molecule has 0 bridgehead atoms. The number of sulfonamides is 1. The van der Waals surface area contributed by atoms with E-state index in [2.05, 4.69) is 4.90 Å². The maximum atomic E-state index is 14.1. The number of nitrogens with zero attached hydrogens (tertiary/aromatic N) is 3. The summed E-state index contributed by atoms with van der Waals surface area (Å²) in [7, 11) is -3.66. The zero-order valence-electron chi connectivity index (χ0n) is 20.7. The van der Waals surface area contributed by atoms with Gasteiger partial charge in [0.05, 0.1) is 18.5 Å². The number of carbonyl (C=O) groups is 1. The minimum Gasteiger partial charge on any atom is -0.484 e. The Morgan fingerprint density at radius 1 is 1.03 bits per heavy atom. The van der Waals surface area contributed by atoms with Crippen LogP contribution >= 0.6 is 11.6 Å². The van der Waals surface area contributed by atoms with Crippen molar-refractivity contribution in [2.45, 2.75) is 13.5 Å². The molecule has 3 aromatic rings. The number of carbonyl (C=O) groups excluding carboxylic acids is 1. The van der Waals surface area contributed by atoms with Crippen molar-refractivity contribution in [3.8, 4) is 5.75 Å². The lowest BCUT2D eigenvalue weighted by molar-refractivity contribution is -0.133.